The first-order valence-corrected chi connectivity index (χ1v) is 27.9. The molecule has 2 N–H and O–H groups in total. The van der Waals surface area contributed by atoms with E-state index in [0.29, 0.717) is 51.4 Å². The summed E-state index contributed by atoms with van der Waals surface area (Å²) in [5.74, 6) is -6.84. The second kappa shape index (κ2) is 25.2. The first-order valence-electron chi connectivity index (χ1n) is 25.8. The van der Waals surface area contributed by atoms with Gasteiger partial charge in [-0.2, -0.15) is 0 Å². The van der Waals surface area contributed by atoms with Gasteiger partial charge in [0.25, 0.3) is 11.7 Å². The van der Waals surface area contributed by atoms with Crippen molar-refractivity contribution in [1.29, 1.82) is 0 Å². The van der Waals surface area contributed by atoms with E-state index in [1.807, 2.05) is 13.8 Å². The number of aliphatic hydroxyl groups excluding tert-OH is 1. The zero-order valence-corrected chi connectivity index (χ0v) is 45.0. The molecule has 2 saturated heterocycles. The molecule has 3 fully saturated rings. The third-order valence-electron chi connectivity index (χ3n) is 16.1. The highest BCUT2D eigenvalue weighted by Crippen LogP contribution is 2.46. The molecule has 0 aromatic rings. The second-order valence-corrected chi connectivity index (χ2v) is 27.3. The number of carbonyl (C=O) groups excluding carboxylic acids is 4. The first-order chi connectivity index (χ1) is 31.5. The molecule has 1 saturated carbocycles. The molecule has 14 unspecified atom stereocenters. The minimum atomic E-state index is -2.65. The van der Waals surface area contributed by atoms with Crippen LogP contribution in [0.25, 0.3) is 0 Å². The molecule has 0 spiro atoms. The average Bonchev–Trinajstić information content (AvgIpc) is 3.28. The number of ketones is 2. The van der Waals surface area contributed by atoms with E-state index < -0.39 is 86.3 Å². The number of esters is 1. The number of aliphatic hydroxyl groups is 2. The number of carbonyl (C=O) groups is 4. The van der Waals surface area contributed by atoms with Gasteiger partial charge in [0, 0.05) is 52.0 Å². The van der Waals surface area contributed by atoms with E-state index >= 15 is 4.79 Å². The Morgan fingerprint density at radius 1 is 0.866 bits per heavy atom. The molecule has 0 aromatic carbocycles. The molecular weight excluding hydrogens is 871 g/mol. The minimum absolute atomic E-state index is 0.0214. The second-order valence-electron chi connectivity index (χ2n) is 21.9. The van der Waals surface area contributed by atoms with E-state index in [9.17, 15) is 24.6 Å². The van der Waals surface area contributed by atoms with Crippen LogP contribution in [0.4, 0.5) is 0 Å². The molecule has 3 heterocycles. The molecule has 2 bridgehead atoms. The van der Waals surface area contributed by atoms with Crippen molar-refractivity contribution in [2.24, 2.45) is 29.6 Å². The molecule has 4 aliphatic rings. The topological polar surface area (TPSA) is 167 Å². The monoisotopic (exact) mass is 962 g/mol. The maximum Gasteiger partial charge on any atom is 0.329 e. The summed E-state index contributed by atoms with van der Waals surface area (Å²) in [5, 5.41) is 23.0. The molecule has 14 heteroatoms. The van der Waals surface area contributed by atoms with Crippen molar-refractivity contribution in [2.75, 3.05) is 27.9 Å². The Morgan fingerprint density at radius 2 is 1.48 bits per heavy atom. The maximum atomic E-state index is 15.0. The van der Waals surface area contributed by atoms with Crippen molar-refractivity contribution in [2.45, 2.75) is 231 Å². The Morgan fingerprint density at radius 3 is 2.06 bits per heavy atom. The van der Waals surface area contributed by atoms with Crippen LogP contribution < -0.4 is 0 Å². The standard InChI is InChI=1S/C53H91NO12Si/c1-16-19-40-25-34(8)24-35(9)26-46(62-14)49-47(63-15)28-37(11)53(60,65-49)50(57)51(58)54-23-18-17-20-41(54)52(59)64-48(36(10)27-39-21-22-42(55)45(29-39)61-13)38(12)44(30-43(40)56)66-67(31(2)3,32(4)5)33(6)7/h25,27,31-33,35,37-42,44-49,55,60H,16-24,26,28-30H2,1-15H3. The zero-order valence-electron chi connectivity index (χ0n) is 44.0. The number of fused-ring (bicyclic) bond motifs is 3. The molecule has 1 aliphatic carbocycles. The summed E-state index contributed by atoms with van der Waals surface area (Å²) in [6, 6.07) is -1.11. The van der Waals surface area contributed by atoms with Gasteiger partial charge in [-0.15, -0.1) is 0 Å². The van der Waals surface area contributed by atoms with Crippen molar-refractivity contribution in [3.8, 4) is 0 Å². The molecule has 4 rings (SSSR count). The van der Waals surface area contributed by atoms with Gasteiger partial charge in [0.1, 0.15) is 24.0 Å². The van der Waals surface area contributed by atoms with Crippen molar-refractivity contribution in [3.63, 3.8) is 0 Å². The zero-order chi connectivity index (χ0) is 50.1. The Bertz CT molecular complexity index is 1690. The van der Waals surface area contributed by atoms with E-state index in [0.717, 1.165) is 17.6 Å². The highest BCUT2D eigenvalue weighted by molar-refractivity contribution is 6.77. The van der Waals surface area contributed by atoms with E-state index in [-0.39, 0.29) is 72.1 Å². The number of rotatable bonds is 12. The van der Waals surface area contributed by atoms with Gasteiger partial charge < -0.3 is 43.2 Å². The fourth-order valence-electron chi connectivity index (χ4n) is 12.4. The third kappa shape index (κ3) is 13.4. The van der Waals surface area contributed by atoms with Crippen molar-refractivity contribution in [1.82, 2.24) is 4.90 Å². The lowest BCUT2D eigenvalue weighted by atomic mass is 9.81. The van der Waals surface area contributed by atoms with Crippen LogP contribution in [0.15, 0.2) is 23.3 Å². The Hall–Kier alpha value is -2.30. The van der Waals surface area contributed by atoms with E-state index in [4.69, 9.17) is 28.1 Å². The summed E-state index contributed by atoms with van der Waals surface area (Å²) in [6.45, 7) is 25.4. The Kier molecular flexibility index (Phi) is 21.5. The van der Waals surface area contributed by atoms with Crippen LogP contribution in [0.5, 0.6) is 0 Å². The lowest BCUT2D eigenvalue weighted by Gasteiger charge is -2.47. The Labute approximate surface area is 404 Å². The summed E-state index contributed by atoms with van der Waals surface area (Å²) in [4.78, 5) is 60.4. The lowest BCUT2D eigenvalue weighted by Crippen LogP contribution is -2.64. The van der Waals surface area contributed by atoms with E-state index in [1.54, 1.807) is 28.3 Å². The number of hydrogen-bond acceptors (Lipinski definition) is 12. The molecule has 1 amide bonds. The van der Waals surface area contributed by atoms with Gasteiger partial charge in [-0.1, -0.05) is 93.4 Å². The molecule has 67 heavy (non-hydrogen) atoms. The Balaban J connectivity index is 1.95. The van der Waals surface area contributed by atoms with Gasteiger partial charge in [-0.3, -0.25) is 14.4 Å². The lowest BCUT2D eigenvalue weighted by molar-refractivity contribution is -0.302. The summed E-state index contributed by atoms with van der Waals surface area (Å²) in [5.41, 5.74) is 2.48. The number of methoxy groups -OCH3 is 3. The SMILES string of the molecule is CCCC1C=C(C)CC(C)CC(OC)C2OC(O)(C(=O)C(=O)N3CCCCC3C(=O)OC(C(C)=CC3CCC(O)C(OC)C3)C(C)C(O[Si](C(C)C)(C(C)C)C(C)C)CC1=O)C(C)CC2OC. The molecule has 0 radical (unpaired) electrons. The van der Waals surface area contributed by atoms with Crippen LogP contribution in [-0.4, -0.2) is 129 Å². The minimum Gasteiger partial charge on any atom is -0.456 e. The first kappa shape index (κ1) is 57.3. The third-order valence-corrected chi connectivity index (χ3v) is 22.2. The number of cyclic esters (lactones) is 1. The van der Waals surface area contributed by atoms with Crippen LogP contribution >= 0.6 is 0 Å². The fraction of sp³-hybridized carbons (Fsp3) is 0.849. The largest absolute Gasteiger partial charge is 0.456 e. The van der Waals surface area contributed by atoms with Crippen LogP contribution in [0.3, 0.4) is 0 Å². The van der Waals surface area contributed by atoms with Crippen LogP contribution in [-0.2, 0) is 47.3 Å². The number of allylic oxidation sites excluding steroid dienone is 3. The average molecular weight is 962 g/mol. The molecule has 13 nitrogen and oxygen atoms in total. The molecule has 3 aliphatic heterocycles. The van der Waals surface area contributed by atoms with Crippen molar-refractivity contribution < 1.29 is 57.5 Å². The van der Waals surface area contributed by atoms with Crippen molar-refractivity contribution in [3.05, 3.63) is 23.3 Å². The number of hydrogen-bond donors (Lipinski definition) is 2. The summed E-state index contributed by atoms with van der Waals surface area (Å²) >= 11 is 0. The molecular formula is C53H91NO12Si. The maximum absolute atomic E-state index is 15.0. The van der Waals surface area contributed by atoms with E-state index in [1.165, 1.54) is 4.90 Å². The number of amides is 1. The number of piperidine rings is 1. The quantitative estimate of drug-likeness (QED) is 0.0826. The predicted octanol–water partition coefficient (Wildman–Crippen LogP) is 9.06. The van der Waals surface area contributed by atoms with Crippen LogP contribution in [0, 0.1) is 29.6 Å². The molecule has 14 atom stereocenters. The van der Waals surface area contributed by atoms with Gasteiger partial charge in [0.2, 0.25) is 14.1 Å². The van der Waals surface area contributed by atoms with Gasteiger partial charge in [0.15, 0.2) is 0 Å². The van der Waals surface area contributed by atoms with E-state index in [2.05, 4.69) is 74.5 Å². The van der Waals surface area contributed by atoms with Gasteiger partial charge in [-0.25, -0.2) is 4.79 Å². The normalized spacial score (nSPS) is 36.5. The van der Waals surface area contributed by atoms with Gasteiger partial charge in [0.05, 0.1) is 30.5 Å². The van der Waals surface area contributed by atoms with Crippen LogP contribution in [0.1, 0.15) is 160 Å². The number of Topliss-reactive ketones (excluding diaryl/α,β-unsaturated/α-hetero) is 2. The number of ether oxygens (including phenoxy) is 5. The van der Waals surface area contributed by atoms with Crippen molar-refractivity contribution >= 4 is 31.8 Å². The smallest absolute Gasteiger partial charge is 0.329 e. The highest BCUT2D eigenvalue weighted by atomic mass is 28.4. The van der Waals surface area contributed by atoms with Crippen LogP contribution in [0.2, 0.25) is 16.6 Å². The van der Waals surface area contributed by atoms with Gasteiger partial charge in [-0.05, 0) is 112 Å². The predicted molar refractivity (Wildman–Crippen MR) is 263 cm³/mol. The summed E-state index contributed by atoms with van der Waals surface area (Å²) in [7, 11) is 2.08. The summed E-state index contributed by atoms with van der Waals surface area (Å²) < 4.78 is 38.3. The summed E-state index contributed by atoms with van der Waals surface area (Å²) in [6.07, 6.45) is 6.09. The molecule has 0 aromatic heterocycles. The highest BCUT2D eigenvalue weighted by Gasteiger charge is 2.57. The molecule has 384 valence electrons. The fourth-order valence-corrected chi connectivity index (χ4v) is 18.0. The number of nitrogens with zero attached hydrogens (tertiary/aromatic N) is 1. The van der Waals surface area contributed by atoms with Gasteiger partial charge >= 0.3 is 5.97 Å².